The van der Waals surface area contributed by atoms with Gasteiger partial charge in [0.15, 0.2) is 0 Å². The van der Waals surface area contributed by atoms with E-state index in [0.29, 0.717) is 5.75 Å². The zero-order valence-electron chi connectivity index (χ0n) is 15.1. The molecule has 1 atom stereocenters. The van der Waals surface area contributed by atoms with E-state index in [1.807, 2.05) is 0 Å². The van der Waals surface area contributed by atoms with Gasteiger partial charge in [-0.2, -0.15) is 0 Å². The first-order chi connectivity index (χ1) is 13.7. The Morgan fingerprint density at radius 1 is 1.41 bits per heavy atom. The lowest BCUT2D eigenvalue weighted by molar-refractivity contribution is -0.384. The molecule has 9 nitrogen and oxygen atoms in total. The van der Waals surface area contributed by atoms with Crippen LogP contribution in [0.2, 0.25) is 0 Å². The number of carboxylic acids is 1. The van der Waals surface area contributed by atoms with Crippen molar-refractivity contribution >= 4 is 51.9 Å². The molecule has 11 heteroatoms. The lowest BCUT2D eigenvalue weighted by atomic mass is 10.1. The summed E-state index contributed by atoms with van der Waals surface area (Å²) in [5.41, 5.74) is 0.0642. The molecule has 2 aromatic rings. The molecule has 3 rings (SSSR count). The number of thioether (sulfide) groups is 1. The molecule has 0 bridgehead atoms. The number of nitro benzene ring substituents is 1. The number of rotatable bonds is 6. The van der Waals surface area contributed by atoms with Gasteiger partial charge in [0.2, 0.25) is 0 Å². The first kappa shape index (κ1) is 20.6. The molecule has 0 spiro atoms. The smallest absolute Gasteiger partial charge is 0.326 e. The largest absolute Gasteiger partial charge is 0.497 e. The van der Waals surface area contributed by atoms with Crippen molar-refractivity contribution in [3.05, 3.63) is 51.1 Å². The predicted molar refractivity (Wildman–Crippen MR) is 109 cm³/mol. The van der Waals surface area contributed by atoms with Crippen LogP contribution in [-0.4, -0.2) is 44.3 Å². The molecule has 1 fully saturated rings. The van der Waals surface area contributed by atoms with Crippen LogP contribution in [0.1, 0.15) is 12.7 Å². The van der Waals surface area contributed by atoms with Crippen LogP contribution in [-0.2, 0) is 9.59 Å². The second kappa shape index (κ2) is 8.05. The Morgan fingerprint density at radius 2 is 2.14 bits per heavy atom. The highest BCUT2D eigenvalue weighted by Crippen LogP contribution is 2.37. The molecule has 0 saturated carbocycles. The van der Waals surface area contributed by atoms with Crippen LogP contribution in [0.3, 0.4) is 0 Å². The number of hydrogen-bond donors (Lipinski definition) is 1. The molecule has 0 unspecified atom stereocenters. The summed E-state index contributed by atoms with van der Waals surface area (Å²) in [6.45, 7) is 1.36. The van der Waals surface area contributed by atoms with Gasteiger partial charge in [-0.05, 0) is 31.2 Å². The normalized spacial score (nSPS) is 16.3. The van der Waals surface area contributed by atoms with E-state index in [1.165, 1.54) is 32.2 Å². The fourth-order valence-electron chi connectivity index (χ4n) is 2.63. The number of carbonyl (C=O) groups excluding carboxylic acids is 1. The van der Waals surface area contributed by atoms with E-state index in [0.717, 1.165) is 16.7 Å². The standard InChI is InChI=1S/C18H14N2O7S2/c1-9(17(22)23)19-16(21)15(29-18(19)28)8-11-4-6-14(27-11)12-5-3-10(26-2)7-13(12)20(24)25/h3-9H,1-2H3,(H,22,23)/b15-8+/t9-/m0/s1. The van der Waals surface area contributed by atoms with Gasteiger partial charge in [0, 0.05) is 6.08 Å². The highest BCUT2D eigenvalue weighted by atomic mass is 32.2. The molecule has 1 aliphatic heterocycles. The van der Waals surface area contributed by atoms with Gasteiger partial charge in [-0.25, -0.2) is 4.79 Å². The molecular formula is C18H14N2O7S2. The van der Waals surface area contributed by atoms with Crippen molar-refractivity contribution < 1.29 is 28.8 Å². The van der Waals surface area contributed by atoms with Crippen LogP contribution in [0, 0.1) is 10.1 Å². The van der Waals surface area contributed by atoms with Gasteiger partial charge in [0.25, 0.3) is 11.6 Å². The van der Waals surface area contributed by atoms with Crippen molar-refractivity contribution in [3.63, 3.8) is 0 Å². The van der Waals surface area contributed by atoms with Crippen molar-refractivity contribution in [2.75, 3.05) is 7.11 Å². The van der Waals surface area contributed by atoms with Gasteiger partial charge in [0.1, 0.15) is 27.6 Å². The van der Waals surface area contributed by atoms with Crippen LogP contribution in [0.15, 0.2) is 39.7 Å². The number of ether oxygens (including phenoxy) is 1. The van der Waals surface area contributed by atoms with Gasteiger partial charge < -0.3 is 14.3 Å². The number of carbonyl (C=O) groups is 2. The Morgan fingerprint density at radius 3 is 2.76 bits per heavy atom. The van der Waals surface area contributed by atoms with Gasteiger partial charge >= 0.3 is 5.97 Å². The monoisotopic (exact) mass is 434 g/mol. The van der Waals surface area contributed by atoms with Crippen LogP contribution in [0.4, 0.5) is 5.69 Å². The molecular weight excluding hydrogens is 420 g/mol. The summed E-state index contributed by atoms with van der Waals surface area (Å²) in [5.74, 6) is -0.866. The lowest BCUT2D eigenvalue weighted by Gasteiger charge is -2.18. The molecule has 1 aromatic carbocycles. The topological polar surface area (TPSA) is 123 Å². The number of furan rings is 1. The van der Waals surface area contributed by atoms with Gasteiger partial charge in [-0.15, -0.1) is 0 Å². The zero-order chi connectivity index (χ0) is 21.3. The molecule has 1 aliphatic rings. The summed E-state index contributed by atoms with van der Waals surface area (Å²) in [5, 5.41) is 20.5. The van der Waals surface area contributed by atoms with E-state index in [1.54, 1.807) is 18.2 Å². The van der Waals surface area contributed by atoms with Gasteiger partial charge in [-0.3, -0.25) is 19.8 Å². The summed E-state index contributed by atoms with van der Waals surface area (Å²) in [6.07, 6.45) is 1.42. The zero-order valence-corrected chi connectivity index (χ0v) is 16.8. The van der Waals surface area contributed by atoms with Crippen LogP contribution in [0.5, 0.6) is 5.75 Å². The Labute approximate surface area is 174 Å². The molecule has 150 valence electrons. The fraction of sp³-hybridized carbons (Fsp3) is 0.167. The average Bonchev–Trinajstić information content (AvgIpc) is 3.25. The number of methoxy groups -OCH3 is 1. The molecule has 1 amide bonds. The fourth-order valence-corrected chi connectivity index (χ4v) is 4.02. The van der Waals surface area contributed by atoms with Crippen molar-refractivity contribution in [2.45, 2.75) is 13.0 Å². The quantitative estimate of drug-likeness (QED) is 0.315. The van der Waals surface area contributed by atoms with E-state index < -0.39 is 22.8 Å². The predicted octanol–water partition coefficient (Wildman–Crippen LogP) is 3.54. The summed E-state index contributed by atoms with van der Waals surface area (Å²) in [4.78, 5) is 35.7. The second-order valence-electron chi connectivity index (χ2n) is 5.91. The first-order valence-corrected chi connectivity index (χ1v) is 9.38. The second-order valence-corrected chi connectivity index (χ2v) is 7.58. The number of amides is 1. The maximum atomic E-state index is 12.5. The van der Waals surface area contributed by atoms with E-state index >= 15 is 0 Å². The Kier molecular flexibility index (Phi) is 5.71. The van der Waals surface area contributed by atoms with Gasteiger partial charge in [-0.1, -0.05) is 24.0 Å². The van der Waals surface area contributed by atoms with Crippen LogP contribution >= 0.6 is 24.0 Å². The third kappa shape index (κ3) is 4.00. The van der Waals surface area contributed by atoms with Gasteiger partial charge in [0.05, 0.1) is 28.6 Å². The molecule has 29 heavy (non-hydrogen) atoms. The highest BCUT2D eigenvalue weighted by Gasteiger charge is 2.38. The van der Waals surface area contributed by atoms with Crippen molar-refractivity contribution in [1.82, 2.24) is 4.90 Å². The van der Waals surface area contributed by atoms with Crippen molar-refractivity contribution in [3.8, 4) is 17.1 Å². The van der Waals surface area contributed by atoms with Crippen LogP contribution < -0.4 is 4.74 Å². The molecule has 0 aliphatic carbocycles. The number of carboxylic acid groups (broad SMARTS) is 1. The average molecular weight is 434 g/mol. The summed E-state index contributed by atoms with van der Waals surface area (Å²) in [7, 11) is 1.41. The molecule has 1 saturated heterocycles. The Balaban J connectivity index is 1.92. The van der Waals surface area contributed by atoms with E-state index in [4.69, 9.17) is 26.5 Å². The summed E-state index contributed by atoms with van der Waals surface area (Å²) >= 11 is 6.07. The minimum atomic E-state index is -1.17. The molecule has 0 radical (unpaired) electrons. The van der Waals surface area contributed by atoms with E-state index in [9.17, 15) is 19.7 Å². The number of thiocarbonyl (C=S) groups is 1. The molecule has 2 heterocycles. The van der Waals surface area contributed by atoms with Crippen molar-refractivity contribution in [2.24, 2.45) is 0 Å². The summed E-state index contributed by atoms with van der Waals surface area (Å²) in [6, 6.07) is 6.37. The summed E-state index contributed by atoms with van der Waals surface area (Å²) < 4.78 is 10.8. The third-order valence-corrected chi connectivity index (χ3v) is 5.47. The van der Waals surface area contributed by atoms with Crippen molar-refractivity contribution in [1.29, 1.82) is 0 Å². The number of nitrogens with zero attached hydrogens (tertiary/aromatic N) is 2. The minimum absolute atomic E-state index is 0.133. The lowest BCUT2D eigenvalue weighted by Crippen LogP contribution is -2.41. The Bertz CT molecular complexity index is 1060. The first-order valence-electron chi connectivity index (χ1n) is 8.15. The highest BCUT2D eigenvalue weighted by molar-refractivity contribution is 8.26. The molecule has 1 N–H and O–H groups in total. The number of nitro groups is 1. The Hall–Kier alpha value is -3.18. The minimum Gasteiger partial charge on any atom is -0.497 e. The SMILES string of the molecule is COc1ccc(-c2ccc(/C=C3/SC(=S)N([C@@H](C)C(=O)O)C3=O)o2)c([N+](=O)[O-])c1. The third-order valence-electron chi connectivity index (χ3n) is 4.14. The number of hydrogen-bond acceptors (Lipinski definition) is 8. The number of benzene rings is 1. The maximum Gasteiger partial charge on any atom is 0.326 e. The maximum absolute atomic E-state index is 12.5. The molecule has 1 aromatic heterocycles. The number of aliphatic carboxylic acids is 1. The van der Waals surface area contributed by atoms with E-state index in [-0.39, 0.29) is 32.0 Å². The van der Waals surface area contributed by atoms with E-state index in [2.05, 4.69) is 0 Å². The van der Waals surface area contributed by atoms with Crippen LogP contribution in [0.25, 0.3) is 17.4 Å².